The topological polar surface area (TPSA) is 63.6 Å². The molecular formula is C22H34O4. The summed E-state index contributed by atoms with van der Waals surface area (Å²) in [6, 6.07) is 0. The molecule has 0 bridgehead atoms. The Morgan fingerprint density at radius 1 is 0.923 bits per heavy atom. The first-order valence-electron chi connectivity index (χ1n) is 9.99. The van der Waals surface area contributed by atoms with Gasteiger partial charge < -0.3 is 9.84 Å². The maximum Gasteiger partial charge on any atom is 0.227 e. The van der Waals surface area contributed by atoms with Gasteiger partial charge in [-0.2, -0.15) is 0 Å². The molecule has 1 aliphatic carbocycles. The van der Waals surface area contributed by atoms with Gasteiger partial charge in [-0.1, -0.05) is 63.5 Å². The van der Waals surface area contributed by atoms with E-state index in [1.807, 2.05) is 0 Å². The second-order valence-corrected chi connectivity index (χ2v) is 6.88. The number of Topliss-reactive ketones (excluding diaryl/α,β-unsaturated/α-hetero) is 1. The van der Waals surface area contributed by atoms with Crippen LogP contribution in [0, 0.1) is 0 Å². The van der Waals surface area contributed by atoms with E-state index in [1.165, 1.54) is 58.5 Å². The lowest BCUT2D eigenvalue weighted by Gasteiger charge is -2.14. The smallest absolute Gasteiger partial charge is 0.227 e. The highest BCUT2D eigenvalue weighted by molar-refractivity contribution is 6.20. The van der Waals surface area contributed by atoms with E-state index in [2.05, 4.69) is 19.1 Å². The molecule has 146 valence electrons. The molecule has 0 heterocycles. The predicted octanol–water partition coefficient (Wildman–Crippen LogP) is 5.74. The number of allylic oxidation sites excluding steroid dienone is 4. The van der Waals surface area contributed by atoms with Crippen LogP contribution in [0.15, 0.2) is 35.3 Å². The monoisotopic (exact) mass is 362 g/mol. The fourth-order valence-corrected chi connectivity index (χ4v) is 3.19. The van der Waals surface area contributed by atoms with Crippen LogP contribution < -0.4 is 0 Å². The molecule has 0 amide bonds. The van der Waals surface area contributed by atoms with Crippen LogP contribution in [0.1, 0.15) is 84.0 Å². The summed E-state index contributed by atoms with van der Waals surface area (Å²) in [5.41, 5.74) is 0.201. The zero-order valence-corrected chi connectivity index (χ0v) is 16.4. The first-order valence-corrected chi connectivity index (χ1v) is 9.99. The second kappa shape index (κ2) is 13.4. The summed E-state index contributed by atoms with van der Waals surface area (Å²) in [6.45, 7) is 2.07. The number of aliphatic hydroxyl groups excluding tert-OH is 1. The molecule has 0 aromatic carbocycles. The summed E-state index contributed by atoms with van der Waals surface area (Å²) in [5, 5.41) is 9.82. The summed E-state index contributed by atoms with van der Waals surface area (Å²) in [4.78, 5) is 23.7. The third-order valence-corrected chi connectivity index (χ3v) is 4.78. The van der Waals surface area contributed by atoms with E-state index in [0.29, 0.717) is 6.42 Å². The number of aliphatic hydroxyl groups is 1. The molecule has 0 radical (unpaired) electrons. The van der Waals surface area contributed by atoms with Gasteiger partial charge in [-0.15, -0.1) is 0 Å². The summed E-state index contributed by atoms with van der Waals surface area (Å²) in [7, 11) is 1.36. The Morgan fingerprint density at radius 2 is 1.46 bits per heavy atom. The zero-order valence-electron chi connectivity index (χ0n) is 16.4. The molecule has 26 heavy (non-hydrogen) atoms. The van der Waals surface area contributed by atoms with E-state index in [9.17, 15) is 14.7 Å². The van der Waals surface area contributed by atoms with Crippen LogP contribution in [0.25, 0.3) is 0 Å². The van der Waals surface area contributed by atoms with Crippen molar-refractivity contribution in [1.29, 1.82) is 0 Å². The number of rotatable bonds is 14. The number of carbonyl (C=O) groups is 2. The van der Waals surface area contributed by atoms with Crippen molar-refractivity contribution < 1.29 is 19.4 Å². The summed E-state index contributed by atoms with van der Waals surface area (Å²) in [6.07, 6.45) is 19.0. The van der Waals surface area contributed by atoms with Crippen molar-refractivity contribution in [2.45, 2.75) is 84.0 Å². The van der Waals surface area contributed by atoms with E-state index in [4.69, 9.17) is 4.74 Å². The number of hydrogen-bond acceptors (Lipinski definition) is 4. The van der Waals surface area contributed by atoms with Crippen LogP contribution in [-0.4, -0.2) is 23.8 Å². The Bertz CT molecular complexity index is 540. The molecule has 0 saturated heterocycles. The highest BCUT2D eigenvalue weighted by Crippen LogP contribution is 2.23. The third kappa shape index (κ3) is 8.03. The van der Waals surface area contributed by atoms with Crippen LogP contribution in [0.2, 0.25) is 0 Å². The highest BCUT2D eigenvalue weighted by atomic mass is 16.5. The minimum absolute atomic E-state index is 0.0218. The molecule has 0 aromatic rings. The standard InChI is InChI=1S/C22H34O4/c1-3-4-5-6-7-8-9-10-11-12-13-14-15-16-18-21(24)19(23)17-20(26-2)22(18)25/h3-4,17,24H,5-16H2,1-2H3. The van der Waals surface area contributed by atoms with Gasteiger partial charge in [0.2, 0.25) is 11.6 Å². The largest absolute Gasteiger partial charge is 0.504 e. The lowest BCUT2D eigenvalue weighted by Crippen LogP contribution is -2.20. The van der Waals surface area contributed by atoms with E-state index in [0.717, 1.165) is 25.3 Å². The maximum absolute atomic E-state index is 12.1. The van der Waals surface area contributed by atoms with Gasteiger partial charge in [0.05, 0.1) is 7.11 Å². The number of ether oxygens (including phenoxy) is 1. The van der Waals surface area contributed by atoms with Gasteiger partial charge in [0.1, 0.15) is 0 Å². The molecule has 0 saturated carbocycles. The molecule has 0 fully saturated rings. The summed E-state index contributed by atoms with van der Waals surface area (Å²) >= 11 is 0. The minimum Gasteiger partial charge on any atom is -0.504 e. The molecule has 1 N–H and O–H groups in total. The number of carbonyl (C=O) groups excluding carboxylic acids is 2. The Labute approximate surface area is 158 Å². The van der Waals surface area contributed by atoms with Gasteiger partial charge in [-0.25, -0.2) is 0 Å². The Kier molecular flexibility index (Phi) is 11.4. The lowest BCUT2D eigenvalue weighted by molar-refractivity contribution is -0.119. The van der Waals surface area contributed by atoms with Gasteiger partial charge in [0.25, 0.3) is 0 Å². The van der Waals surface area contributed by atoms with Crippen molar-refractivity contribution in [3.05, 3.63) is 35.3 Å². The number of hydrogen-bond donors (Lipinski definition) is 1. The van der Waals surface area contributed by atoms with E-state index in [-0.39, 0.29) is 17.1 Å². The number of methoxy groups -OCH3 is 1. The quantitative estimate of drug-likeness (QED) is 0.243. The molecule has 1 aliphatic rings. The fourth-order valence-electron chi connectivity index (χ4n) is 3.19. The first-order chi connectivity index (χ1) is 12.6. The summed E-state index contributed by atoms with van der Waals surface area (Å²) in [5.74, 6) is -1.29. The molecule has 4 heteroatoms. The van der Waals surface area contributed by atoms with Gasteiger partial charge in [0, 0.05) is 11.6 Å². The molecular weight excluding hydrogens is 328 g/mol. The molecule has 0 spiro atoms. The van der Waals surface area contributed by atoms with Crippen molar-refractivity contribution in [2.24, 2.45) is 0 Å². The average Bonchev–Trinajstić information content (AvgIpc) is 2.64. The third-order valence-electron chi connectivity index (χ3n) is 4.78. The van der Waals surface area contributed by atoms with E-state index >= 15 is 0 Å². The van der Waals surface area contributed by atoms with Crippen LogP contribution in [0.4, 0.5) is 0 Å². The molecule has 0 unspecified atom stereocenters. The van der Waals surface area contributed by atoms with Crippen molar-refractivity contribution in [3.63, 3.8) is 0 Å². The van der Waals surface area contributed by atoms with Gasteiger partial charge >= 0.3 is 0 Å². The van der Waals surface area contributed by atoms with Crippen LogP contribution in [0.3, 0.4) is 0 Å². The zero-order chi connectivity index (χ0) is 19.2. The Hall–Kier alpha value is -1.84. The van der Waals surface area contributed by atoms with Gasteiger partial charge in [0.15, 0.2) is 11.5 Å². The fraction of sp³-hybridized carbons (Fsp3) is 0.636. The van der Waals surface area contributed by atoms with E-state index < -0.39 is 11.5 Å². The van der Waals surface area contributed by atoms with Crippen LogP contribution in [0.5, 0.6) is 0 Å². The van der Waals surface area contributed by atoms with Crippen LogP contribution >= 0.6 is 0 Å². The highest BCUT2D eigenvalue weighted by Gasteiger charge is 2.28. The molecule has 0 atom stereocenters. The van der Waals surface area contributed by atoms with E-state index in [1.54, 1.807) is 0 Å². The lowest BCUT2D eigenvalue weighted by atomic mass is 9.94. The first kappa shape index (κ1) is 22.2. The SMILES string of the molecule is CC=CCCCCCCCCCCCCC1=C(O)C(=O)C=C(OC)C1=O. The van der Waals surface area contributed by atoms with Gasteiger partial charge in [-0.3, -0.25) is 9.59 Å². The Balaban J connectivity index is 2.06. The molecule has 0 aromatic heterocycles. The van der Waals surface area contributed by atoms with Crippen molar-refractivity contribution >= 4 is 11.6 Å². The van der Waals surface area contributed by atoms with Gasteiger partial charge in [-0.05, 0) is 32.6 Å². The maximum atomic E-state index is 12.1. The Morgan fingerprint density at radius 3 is 2.00 bits per heavy atom. The van der Waals surface area contributed by atoms with Crippen LogP contribution in [-0.2, 0) is 14.3 Å². The minimum atomic E-state index is -0.540. The summed E-state index contributed by atoms with van der Waals surface area (Å²) < 4.78 is 4.91. The normalized spacial score (nSPS) is 15.1. The number of unbranched alkanes of at least 4 members (excludes halogenated alkanes) is 10. The van der Waals surface area contributed by atoms with Crippen molar-refractivity contribution in [2.75, 3.05) is 7.11 Å². The molecule has 0 aliphatic heterocycles. The second-order valence-electron chi connectivity index (χ2n) is 6.88. The molecule has 4 nitrogen and oxygen atoms in total. The average molecular weight is 363 g/mol. The van der Waals surface area contributed by atoms with Crippen molar-refractivity contribution in [1.82, 2.24) is 0 Å². The molecule has 1 rings (SSSR count). The predicted molar refractivity (Wildman–Crippen MR) is 105 cm³/mol. The number of ketones is 2. The van der Waals surface area contributed by atoms with Crippen molar-refractivity contribution in [3.8, 4) is 0 Å².